The van der Waals surface area contributed by atoms with Gasteiger partial charge in [-0.25, -0.2) is 9.97 Å². The monoisotopic (exact) mass is 336 g/mol. The quantitative estimate of drug-likeness (QED) is 0.843. The van der Waals surface area contributed by atoms with Crippen LogP contribution in [0.25, 0.3) is 0 Å². The molecule has 0 radical (unpaired) electrons. The summed E-state index contributed by atoms with van der Waals surface area (Å²) in [5.74, 6) is 1.38. The Kier molecular flexibility index (Phi) is 4.38. The van der Waals surface area contributed by atoms with Crippen LogP contribution in [0.4, 0.5) is 11.5 Å². The first-order valence-corrected chi connectivity index (χ1v) is 9.19. The molecule has 1 unspecified atom stereocenters. The fourth-order valence-electron chi connectivity index (χ4n) is 3.88. The van der Waals surface area contributed by atoms with Crippen molar-refractivity contribution in [1.82, 2.24) is 14.9 Å². The standard InChI is InChI=1S/C20H24N4O/c1-15-6-4-10-23(14-15)20(25)17-12-22-19(13-21-17)24-11-5-8-16-7-2-3-9-18(16)24/h2-3,7,9,12-13,15H,4-6,8,10-11,14H2,1H3. The van der Waals surface area contributed by atoms with E-state index in [0.717, 1.165) is 44.7 Å². The number of carbonyl (C=O) groups is 1. The third-order valence-corrected chi connectivity index (χ3v) is 5.19. The lowest BCUT2D eigenvalue weighted by Crippen LogP contribution is -2.39. The van der Waals surface area contributed by atoms with Gasteiger partial charge in [0.2, 0.25) is 0 Å². The SMILES string of the molecule is CC1CCCN(C(=O)c2cnc(N3CCCc4ccccc43)cn2)C1. The van der Waals surface area contributed by atoms with Gasteiger partial charge in [0, 0.05) is 25.3 Å². The van der Waals surface area contributed by atoms with E-state index in [2.05, 4.69) is 46.1 Å². The zero-order chi connectivity index (χ0) is 17.2. The number of piperidine rings is 1. The number of nitrogens with zero attached hydrogens (tertiary/aromatic N) is 4. The third-order valence-electron chi connectivity index (χ3n) is 5.19. The predicted molar refractivity (Wildman–Crippen MR) is 98.1 cm³/mol. The Morgan fingerprint density at radius 1 is 1.12 bits per heavy atom. The maximum atomic E-state index is 12.6. The predicted octanol–water partition coefficient (Wildman–Crippen LogP) is 3.43. The van der Waals surface area contributed by atoms with E-state index < -0.39 is 0 Å². The van der Waals surface area contributed by atoms with Crippen molar-refractivity contribution in [2.75, 3.05) is 24.5 Å². The number of para-hydroxylation sites is 1. The van der Waals surface area contributed by atoms with Crippen LogP contribution in [0.15, 0.2) is 36.7 Å². The molecule has 2 aliphatic rings. The average molecular weight is 336 g/mol. The fraction of sp³-hybridized carbons (Fsp3) is 0.450. The van der Waals surface area contributed by atoms with Crippen LogP contribution in [-0.2, 0) is 6.42 Å². The number of rotatable bonds is 2. The maximum Gasteiger partial charge on any atom is 0.274 e. The van der Waals surface area contributed by atoms with Gasteiger partial charge in [-0.15, -0.1) is 0 Å². The number of benzene rings is 1. The second kappa shape index (κ2) is 6.82. The van der Waals surface area contributed by atoms with Crippen LogP contribution >= 0.6 is 0 Å². The van der Waals surface area contributed by atoms with E-state index in [1.165, 1.54) is 17.7 Å². The lowest BCUT2D eigenvalue weighted by Gasteiger charge is -2.31. The van der Waals surface area contributed by atoms with Gasteiger partial charge >= 0.3 is 0 Å². The molecular formula is C20H24N4O. The summed E-state index contributed by atoms with van der Waals surface area (Å²) < 4.78 is 0. The summed E-state index contributed by atoms with van der Waals surface area (Å²) in [4.78, 5) is 25.7. The van der Waals surface area contributed by atoms with E-state index in [1.54, 1.807) is 12.4 Å². The van der Waals surface area contributed by atoms with Crippen LogP contribution in [0, 0.1) is 5.92 Å². The molecule has 25 heavy (non-hydrogen) atoms. The average Bonchev–Trinajstić information content (AvgIpc) is 2.67. The number of hydrogen-bond donors (Lipinski definition) is 0. The molecule has 0 bridgehead atoms. The Morgan fingerprint density at radius 2 is 2.00 bits per heavy atom. The molecule has 1 aromatic carbocycles. The van der Waals surface area contributed by atoms with E-state index in [0.29, 0.717) is 11.6 Å². The summed E-state index contributed by atoms with van der Waals surface area (Å²) >= 11 is 0. The summed E-state index contributed by atoms with van der Waals surface area (Å²) in [6, 6.07) is 8.43. The lowest BCUT2D eigenvalue weighted by molar-refractivity contribution is 0.0676. The van der Waals surface area contributed by atoms with E-state index in [-0.39, 0.29) is 5.91 Å². The number of hydrogen-bond acceptors (Lipinski definition) is 4. The first-order valence-electron chi connectivity index (χ1n) is 9.19. The zero-order valence-electron chi connectivity index (χ0n) is 14.7. The Balaban J connectivity index is 1.54. The second-order valence-corrected chi connectivity index (χ2v) is 7.14. The number of likely N-dealkylation sites (tertiary alicyclic amines) is 1. The minimum Gasteiger partial charge on any atom is -0.337 e. The molecule has 0 spiro atoms. The molecule has 3 heterocycles. The normalized spacial score (nSPS) is 20.3. The summed E-state index contributed by atoms with van der Waals surface area (Å²) in [7, 11) is 0. The van der Waals surface area contributed by atoms with Crippen LogP contribution in [-0.4, -0.2) is 40.4 Å². The van der Waals surface area contributed by atoms with Crippen molar-refractivity contribution in [2.45, 2.75) is 32.6 Å². The van der Waals surface area contributed by atoms with Crippen LogP contribution in [0.5, 0.6) is 0 Å². The first kappa shape index (κ1) is 16.1. The van der Waals surface area contributed by atoms with Crippen molar-refractivity contribution in [2.24, 2.45) is 5.92 Å². The molecule has 2 aliphatic heterocycles. The van der Waals surface area contributed by atoms with Gasteiger partial charge < -0.3 is 9.80 Å². The number of aromatic nitrogens is 2. The number of anilines is 2. The summed E-state index contributed by atoms with van der Waals surface area (Å²) in [6.07, 6.45) is 7.84. The minimum atomic E-state index is 0.00430. The van der Waals surface area contributed by atoms with Crippen LogP contribution < -0.4 is 4.90 Å². The van der Waals surface area contributed by atoms with Crippen molar-refractivity contribution in [3.63, 3.8) is 0 Å². The van der Waals surface area contributed by atoms with Crippen molar-refractivity contribution in [3.8, 4) is 0 Å². The van der Waals surface area contributed by atoms with Crippen molar-refractivity contribution in [1.29, 1.82) is 0 Å². The molecule has 130 valence electrons. The Labute approximate surface area is 148 Å². The molecule has 1 aromatic heterocycles. The van der Waals surface area contributed by atoms with Gasteiger partial charge in [-0.3, -0.25) is 4.79 Å². The molecule has 2 aromatic rings. The first-order chi connectivity index (χ1) is 12.2. The van der Waals surface area contributed by atoms with Gasteiger partial charge in [0.1, 0.15) is 5.69 Å². The Hall–Kier alpha value is -2.43. The molecule has 5 heteroatoms. The molecular weight excluding hydrogens is 312 g/mol. The molecule has 0 saturated carbocycles. The molecule has 1 atom stereocenters. The van der Waals surface area contributed by atoms with E-state index in [9.17, 15) is 4.79 Å². The van der Waals surface area contributed by atoms with Gasteiger partial charge in [0.25, 0.3) is 5.91 Å². The van der Waals surface area contributed by atoms with Gasteiger partial charge in [0.15, 0.2) is 5.82 Å². The van der Waals surface area contributed by atoms with Crippen molar-refractivity contribution >= 4 is 17.4 Å². The highest BCUT2D eigenvalue weighted by atomic mass is 16.2. The van der Waals surface area contributed by atoms with E-state index in [1.807, 2.05) is 4.90 Å². The fourth-order valence-corrected chi connectivity index (χ4v) is 3.88. The molecule has 4 rings (SSSR count). The molecule has 1 saturated heterocycles. The van der Waals surface area contributed by atoms with Crippen molar-refractivity contribution < 1.29 is 4.79 Å². The molecule has 1 fully saturated rings. The largest absolute Gasteiger partial charge is 0.337 e. The topological polar surface area (TPSA) is 49.3 Å². The highest BCUT2D eigenvalue weighted by molar-refractivity contribution is 5.92. The highest BCUT2D eigenvalue weighted by Crippen LogP contribution is 2.31. The summed E-state index contributed by atoms with van der Waals surface area (Å²) in [6.45, 7) is 4.78. The van der Waals surface area contributed by atoms with Crippen LogP contribution in [0.2, 0.25) is 0 Å². The number of carbonyl (C=O) groups excluding carboxylic acids is 1. The van der Waals surface area contributed by atoms with E-state index >= 15 is 0 Å². The number of amides is 1. The van der Waals surface area contributed by atoms with Crippen LogP contribution in [0.1, 0.15) is 42.2 Å². The molecule has 1 amide bonds. The number of aryl methyl sites for hydroxylation is 1. The number of fused-ring (bicyclic) bond motifs is 1. The maximum absolute atomic E-state index is 12.6. The van der Waals surface area contributed by atoms with Crippen LogP contribution in [0.3, 0.4) is 0 Å². The van der Waals surface area contributed by atoms with Crippen molar-refractivity contribution in [3.05, 3.63) is 47.9 Å². The Bertz CT molecular complexity index is 759. The molecule has 5 nitrogen and oxygen atoms in total. The molecule has 0 aliphatic carbocycles. The highest BCUT2D eigenvalue weighted by Gasteiger charge is 2.24. The summed E-state index contributed by atoms with van der Waals surface area (Å²) in [5.41, 5.74) is 2.99. The smallest absolute Gasteiger partial charge is 0.274 e. The van der Waals surface area contributed by atoms with Gasteiger partial charge in [-0.2, -0.15) is 0 Å². The lowest BCUT2D eigenvalue weighted by atomic mass is 10.00. The third kappa shape index (κ3) is 3.23. The van der Waals surface area contributed by atoms with Gasteiger partial charge in [0.05, 0.1) is 12.4 Å². The van der Waals surface area contributed by atoms with Gasteiger partial charge in [-0.1, -0.05) is 25.1 Å². The molecule has 0 N–H and O–H groups in total. The van der Waals surface area contributed by atoms with Gasteiger partial charge in [-0.05, 0) is 43.2 Å². The zero-order valence-corrected chi connectivity index (χ0v) is 14.7. The summed E-state index contributed by atoms with van der Waals surface area (Å²) in [5, 5.41) is 0. The minimum absolute atomic E-state index is 0.00430. The second-order valence-electron chi connectivity index (χ2n) is 7.14. The Morgan fingerprint density at radius 3 is 2.80 bits per heavy atom. The van der Waals surface area contributed by atoms with E-state index in [4.69, 9.17) is 0 Å².